The van der Waals surface area contributed by atoms with Crippen LogP contribution in [-0.2, 0) is 17.8 Å². The van der Waals surface area contributed by atoms with Gasteiger partial charge in [-0.3, -0.25) is 4.79 Å². The van der Waals surface area contributed by atoms with Gasteiger partial charge in [-0.2, -0.15) is 4.99 Å². The van der Waals surface area contributed by atoms with Gasteiger partial charge in [-0.25, -0.2) is 0 Å². The number of thiazole rings is 1. The molecule has 3 nitrogen and oxygen atoms in total. The van der Waals surface area contributed by atoms with Crippen molar-refractivity contribution in [1.82, 2.24) is 4.57 Å². The molecule has 0 saturated carbocycles. The molecule has 134 valence electrons. The zero-order chi connectivity index (χ0) is 18.5. The fourth-order valence-corrected chi connectivity index (χ4v) is 4.65. The first-order valence-corrected chi connectivity index (χ1v) is 11.4. The summed E-state index contributed by atoms with van der Waals surface area (Å²) < 4.78 is 3.18. The highest BCUT2D eigenvalue weighted by molar-refractivity contribution is 7.98. The maximum atomic E-state index is 12.5. The lowest BCUT2D eigenvalue weighted by Gasteiger charge is -2.02. The van der Waals surface area contributed by atoms with E-state index in [9.17, 15) is 4.79 Å². The van der Waals surface area contributed by atoms with E-state index in [4.69, 9.17) is 0 Å². The van der Waals surface area contributed by atoms with Gasteiger partial charge in [0.2, 0.25) is 0 Å². The van der Waals surface area contributed by atoms with Gasteiger partial charge in [0.15, 0.2) is 4.80 Å². The van der Waals surface area contributed by atoms with Gasteiger partial charge < -0.3 is 4.57 Å². The lowest BCUT2D eigenvalue weighted by atomic mass is 10.1. The van der Waals surface area contributed by atoms with Crippen LogP contribution in [0.3, 0.4) is 0 Å². The van der Waals surface area contributed by atoms with Crippen molar-refractivity contribution in [1.29, 1.82) is 0 Å². The van der Waals surface area contributed by atoms with Crippen LogP contribution in [0.4, 0.5) is 0 Å². The lowest BCUT2D eigenvalue weighted by molar-refractivity contribution is -0.117. The Balaban J connectivity index is 1.94. The summed E-state index contributed by atoms with van der Waals surface area (Å²) in [5.41, 5.74) is 2.07. The van der Waals surface area contributed by atoms with E-state index in [1.54, 1.807) is 34.9 Å². The first-order chi connectivity index (χ1) is 12.6. The highest BCUT2D eigenvalue weighted by Gasteiger charge is 2.08. The van der Waals surface area contributed by atoms with Crippen LogP contribution < -0.4 is 4.80 Å². The Morgan fingerprint density at radius 2 is 1.85 bits per heavy atom. The minimum atomic E-state index is -0.128. The maximum Gasteiger partial charge on any atom is 0.252 e. The predicted molar refractivity (Wildman–Crippen MR) is 114 cm³/mol. The van der Waals surface area contributed by atoms with Crippen molar-refractivity contribution in [3.63, 3.8) is 0 Å². The SMILES string of the molecule is C=CCn1c(=NC(=O)Cc2ccc(SC)cc2)sc2cc(SC)ccc21. The minimum Gasteiger partial charge on any atom is -0.313 e. The third-order valence-corrected chi connectivity index (χ3v) is 6.45. The van der Waals surface area contributed by atoms with Crippen LogP contribution >= 0.6 is 34.9 Å². The molecule has 6 heteroatoms. The van der Waals surface area contributed by atoms with E-state index in [0.717, 1.165) is 20.6 Å². The van der Waals surface area contributed by atoms with Crippen LogP contribution in [0, 0.1) is 0 Å². The van der Waals surface area contributed by atoms with E-state index in [0.29, 0.717) is 13.0 Å². The molecule has 0 aliphatic heterocycles. The molecule has 0 fully saturated rings. The summed E-state index contributed by atoms with van der Waals surface area (Å²) in [6.45, 7) is 4.46. The van der Waals surface area contributed by atoms with Gasteiger partial charge in [0, 0.05) is 16.3 Å². The minimum absolute atomic E-state index is 0.128. The van der Waals surface area contributed by atoms with Crippen molar-refractivity contribution >= 4 is 51.0 Å². The van der Waals surface area contributed by atoms with E-state index in [1.165, 1.54) is 9.79 Å². The van der Waals surface area contributed by atoms with Gasteiger partial charge in [-0.05, 0) is 48.4 Å². The van der Waals surface area contributed by atoms with Crippen molar-refractivity contribution < 1.29 is 4.79 Å². The summed E-state index contributed by atoms with van der Waals surface area (Å²) in [6.07, 6.45) is 6.24. The molecule has 1 amide bonds. The Bertz CT molecular complexity index is 1000. The van der Waals surface area contributed by atoms with E-state index < -0.39 is 0 Å². The van der Waals surface area contributed by atoms with Crippen LogP contribution in [0.2, 0.25) is 0 Å². The molecule has 0 spiro atoms. The number of hydrogen-bond acceptors (Lipinski definition) is 4. The Kier molecular flexibility index (Phi) is 6.40. The number of fused-ring (bicyclic) bond motifs is 1. The van der Waals surface area contributed by atoms with E-state index in [-0.39, 0.29) is 5.91 Å². The summed E-state index contributed by atoms with van der Waals surface area (Å²) in [5, 5.41) is 0. The number of nitrogens with zero attached hydrogens (tertiary/aromatic N) is 2. The number of hydrogen-bond donors (Lipinski definition) is 0. The third-order valence-electron chi connectivity index (χ3n) is 3.94. The third kappa shape index (κ3) is 4.31. The number of carbonyl (C=O) groups excluding carboxylic acids is 1. The maximum absolute atomic E-state index is 12.5. The summed E-state index contributed by atoms with van der Waals surface area (Å²) in [4.78, 5) is 20.0. The number of carbonyl (C=O) groups is 1. The van der Waals surface area contributed by atoms with E-state index >= 15 is 0 Å². The molecule has 0 aliphatic rings. The number of benzene rings is 2. The molecule has 3 aromatic rings. The zero-order valence-electron chi connectivity index (χ0n) is 14.8. The highest BCUT2D eigenvalue weighted by atomic mass is 32.2. The van der Waals surface area contributed by atoms with Gasteiger partial charge in [0.1, 0.15) is 0 Å². The Hall–Kier alpha value is -1.76. The fourth-order valence-electron chi connectivity index (χ4n) is 2.64. The molecule has 0 radical (unpaired) electrons. The Morgan fingerprint density at radius 1 is 1.15 bits per heavy atom. The summed E-state index contributed by atoms with van der Waals surface area (Å²) in [5.74, 6) is -0.128. The van der Waals surface area contributed by atoms with E-state index in [2.05, 4.69) is 36.0 Å². The molecular weight excluding hydrogens is 380 g/mol. The smallest absolute Gasteiger partial charge is 0.252 e. The molecular formula is C20H20N2OS3. The second-order valence-corrected chi connectivity index (χ2v) is 8.42. The van der Waals surface area contributed by atoms with Crippen molar-refractivity contribution in [2.45, 2.75) is 22.8 Å². The number of aromatic nitrogens is 1. The standard InChI is InChI=1S/C20H20N2OS3/c1-4-11-22-17-10-9-16(25-3)13-18(17)26-20(22)21-19(23)12-14-5-7-15(24-2)8-6-14/h4-10,13H,1,11-12H2,2-3H3. The molecule has 0 saturated heterocycles. The van der Waals surface area contributed by atoms with Crippen molar-refractivity contribution in [2.24, 2.45) is 4.99 Å². The highest BCUT2D eigenvalue weighted by Crippen LogP contribution is 2.24. The number of rotatable bonds is 6. The van der Waals surface area contributed by atoms with Crippen LogP contribution in [0.5, 0.6) is 0 Å². The van der Waals surface area contributed by atoms with Gasteiger partial charge in [-0.1, -0.05) is 29.5 Å². The van der Waals surface area contributed by atoms with Crippen molar-refractivity contribution in [2.75, 3.05) is 12.5 Å². The quantitative estimate of drug-likeness (QED) is 0.431. The van der Waals surface area contributed by atoms with Crippen LogP contribution in [0.25, 0.3) is 10.2 Å². The van der Waals surface area contributed by atoms with Crippen molar-refractivity contribution in [3.8, 4) is 0 Å². The topological polar surface area (TPSA) is 34.4 Å². The normalized spacial score (nSPS) is 11.8. The van der Waals surface area contributed by atoms with Gasteiger partial charge in [-0.15, -0.1) is 30.1 Å². The Labute approximate surface area is 165 Å². The van der Waals surface area contributed by atoms with E-state index in [1.807, 2.05) is 41.2 Å². The second-order valence-electron chi connectivity index (χ2n) is 5.65. The average Bonchev–Trinajstić information content (AvgIpc) is 2.98. The molecule has 0 bridgehead atoms. The number of allylic oxidation sites excluding steroid dienone is 1. The largest absolute Gasteiger partial charge is 0.313 e. The van der Waals surface area contributed by atoms with Crippen LogP contribution in [0.15, 0.2) is 69.9 Å². The molecule has 26 heavy (non-hydrogen) atoms. The van der Waals surface area contributed by atoms with Gasteiger partial charge in [0.05, 0.1) is 16.6 Å². The van der Waals surface area contributed by atoms with Gasteiger partial charge in [0.25, 0.3) is 5.91 Å². The molecule has 0 N–H and O–H groups in total. The zero-order valence-corrected chi connectivity index (χ0v) is 17.2. The molecule has 0 aliphatic carbocycles. The number of amides is 1. The van der Waals surface area contributed by atoms with Gasteiger partial charge >= 0.3 is 0 Å². The second kappa shape index (κ2) is 8.75. The summed E-state index contributed by atoms with van der Waals surface area (Å²) >= 11 is 4.95. The average molecular weight is 401 g/mol. The monoisotopic (exact) mass is 400 g/mol. The molecule has 0 atom stereocenters. The Morgan fingerprint density at radius 3 is 2.50 bits per heavy atom. The summed E-state index contributed by atoms with van der Waals surface area (Å²) in [6, 6.07) is 14.4. The molecule has 1 heterocycles. The van der Waals surface area contributed by atoms with Crippen molar-refractivity contribution in [3.05, 3.63) is 65.5 Å². The fraction of sp³-hybridized carbons (Fsp3) is 0.200. The molecule has 3 rings (SSSR count). The first kappa shape index (κ1) is 19.0. The lowest BCUT2D eigenvalue weighted by Crippen LogP contribution is -2.16. The van der Waals surface area contributed by atoms with Crippen LogP contribution in [0.1, 0.15) is 5.56 Å². The summed E-state index contributed by atoms with van der Waals surface area (Å²) in [7, 11) is 0. The molecule has 1 aromatic heterocycles. The molecule has 0 unspecified atom stereocenters. The van der Waals surface area contributed by atoms with Crippen LogP contribution in [-0.4, -0.2) is 23.0 Å². The molecule has 2 aromatic carbocycles. The first-order valence-electron chi connectivity index (χ1n) is 8.13. The number of thioether (sulfide) groups is 2. The predicted octanol–water partition coefficient (Wildman–Crippen LogP) is 5.00.